The van der Waals surface area contributed by atoms with E-state index < -0.39 is 5.97 Å². The summed E-state index contributed by atoms with van der Waals surface area (Å²) in [5.41, 5.74) is 3.03. The summed E-state index contributed by atoms with van der Waals surface area (Å²) < 4.78 is 1.68. The van der Waals surface area contributed by atoms with Gasteiger partial charge in [-0.05, 0) is 18.9 Å². The lowest BCUT2D eigenvalue weighted by Crippen LogP contribution is -2.09. The number of rotatable bonds is 5. The summed E-state index contributed by atoms with van der Waals surface area (Å²) >= 11 is 0. The number of aryl methyl sites for hydroxylation is 1. The first-order valence-electron chi connectivity index (χ1n) is 6.33. The van der Waals surface area contributed by atoms with Crippen molar-refractivity contribution in [2.45, 2.75) is 33.2 Å². The molecule has 0 amide bonds. The Morgan fingerprint density at radius 1 is 1.42 bits per heavy atom. The summed E-state index contributed by atoms with van der Waals surface area (Å²) in [5, 5.41) is 16.8. The zero-order chi connectivity index (χ0) is 13.8. The van der Waals surface area contributed by atoms with E-state index in [0.29, 0.717) is 18.7 Å². The van der Waals surface area contributed by atoms with Crippen molar-refractivity contribution < 1.29 is 9.90 Å². The van der Waals surface area contributed by atoms with Gasteiger partial charge in [-0.1, -0.05) is 48.4 Å². The van der Waals surface area contributed by atoms with Crippen molar-refractivity contribution in [3.63, 3.8) is 0 Å². The van der Waals surface area contributed by atoms with Crippen molar-refractivity contribution in [2.75, 3.05) is 0 Å². The summed E-state index contributed by atoms with van der Waals surface area (Å²) in [5.74, 6) is -1.01. The molecule has 0 aliphatic carbocycles. The van der Waals surface area contributed by atoms with Gasteiger partial charge in [-0.3, -0.25) is 0 Å². The van der Waals surface area contributed by atoms with Crippen molar-refractivity contribution in [1.82, 2.24) is 15.0 Å². The lowest BCUT2D eigenvalue weighted by Gasteiger charge is -2.07. The number of carboxylic acid groups (broad SMARTS) is 1. The third-order valence-electron chi connectivity index (χ3n) is 2.94. The summed E-state index contributed by atoms with van der Waals surface area (Å²) in [6.07, 6.45) is 1.53. The number of carboxylic acids is 1. The average molecular weight is 259 g/mol. The minimum absolute atomic E-state index is 0.0644. The highest BCUT2D eigenvalue weighted by Crippen LogP contribution is 2.12. The first-order valence-corrected chi connectivity index (χ1v) is 6.33. The van der Waals surface area contributed by atoms with Crippen LogP contribution in [-0.2, 0) is 13.0 Å². The molecule has 0 saturated heterocycles. The van der Waals surface area contributed by atoms with Crippen LogP contribution in [0.3, 0.4) is 0 Å². The first-order chi connectivity index (χ1) is 9.11. The second-order valence-corrected chi connectivity index (χ2v) is 4.59. The van der Waals surface area contributed by atoms with Crippen LogP contribution in [0.4, 0.5) is 0 Å². The molecule has 0 bridgehead atoms. The number of nitrogens with zero attached hydrogens (tertiary/aromatic N) is 3. The predicted octanol–water partition coefficient (Wildman–Crippen LogP) is 2.29. The first kappa shape index (κ1) is 13.3. The number of aromatic carboxylic acids is 1. The van der Waals surface area contributed by atoms with E-state index in [1.54, 1.807) is 4.68 Å². The summed E-state index contributed by atoms with van der Waals surface area (Å²) in [4.78, 5) is 11.1. The maximum absolute atomic E-state index is 11.1. The van der Waals surface area contributed by atoms with Gasteiger partial charge in [0.15, 0.2) is 5.69 Å². The molecular weight excluding hydrogens is 242 g/mol. The van der Waals surface area contributed by atoms with E-state index in [9.17, 15) is 4.79 Å². The third-order valence-corrected chi connectivity index (χ3v) is 2.94. The van der Waals surface area contributed by atoms with Crippen molar-refractivity contribution in [2.24, 2.45) is 0 Å². The van der Waals surface area contributed by atoms with E-state index in [-0.39, 0.29) is 5.69 Å². The molecule has 0 fully saturated rings. The summed E-state index contributed by atoms with van der Waals surface area (Å²) in [6.45, 7) is 4.59. The maximum Gasteiger partial charge on any atom is 0.358 e. The second-order valence-electron chi connectivity index (χ2n) is 4.59. The largest absolute Gasteiger partial charge is 0.476 e. The van der Waals surface area contributed by atoms with Crippen LogP contribution >= 0.6 is 0 Å². The molecule has 0 spiro atoms. The predicted molar refractivity (Wildman–Crippen MR) is 71.3 cm³/mol. The van der Waals surface area contributed by atoms with Crippen LogP contribution in [0.1, 0.15) is 40.7 Å². The Morgan fingerprint density at radius 2 is 2.21 bits per heavy atom. The average Bonchev–Trinajstić information content (AvgIpc) is 2.73. The van der Waals surface area contributed by atoms with Crippen LogP contribution in [-0.4, -0.2) is 26.1 Å². The van der Waals surface area contributed by atoms with E-state index in [1.165, 1.54) is 5.56 Å². The highest BCUT2D eigenvalue weighted by Gasteiger charge is 2.18. The standard InChI is InChI=1S/C14H17N3O2/c1-3-5-12-13(14(18)19)15-16-17(12)9-11-7-4-6-10(2)8-11/h4,6-8H,3,5,9H2,1-2H3,(H,18,19). The van der Waals surface area contributed by atoms with Gasteiger partial charge < -0.3 is 5.11 Å². The van der Waals surface area contributed by atoms with Gasteiger partial charge in [-0.2, -0.15) is 0 Å². The molecule has 0 radical (unpaired) electrons. The van der Waals surface area contributed by atoms with Crippen molar-refractivity contribution >= 4 is 5.97 Å². The third kappa shape index (κ3) is 2.99. The molecule has 5 heteroatoms. The maximum atomic E-state index is 11.1. The van der Waals surface area contributed by atoms with Gasteiger partial charge in [0.25, 0.3) is 0 Å². The zero-order valence-electron chi connectivity index (χ0n) is 11.1. The fourth-order valence-corrected chi connectivity index (χ4v) is 2.09. The van der Waals surface area contributed by atoms with Gasteiger partial charge in [0.1, 0.15) is 0 Å². The molecule has 0 saturated carbocycles. The van der Waals surface area contributed by atoms with Crippen LogP contribution in [0.25, 0.3) is 0 Å². The SMILES string of the molecule is CCCc1c(C(=O)O)nnn1Cc1cccc(C)c1. The molecule has 5 nitrogen and oxygen atoms in total. The Labute approximate surface area is 111 Å². The minimum Gasteiger partial charge on any atom is -0.476 e. The molecule has 2 aromatic rings. The van der Waals surface area contributed by atoms with Crippen LogP contribution < -0.4 is 0 Å². The molecule has 0 unspecified atom stereocenters. The molecule has 19 heavy (non-hydrogen) atoms. The molecule has 100 valence electrons. The quantitative estimate of drug-likeness (QED) is 0.894. The van der Waals surface area contributed by atoms with E-state index >= 15 is 0 Å². The minimum atomic E-state index is -1.01. The van der Waals surface area contributed by atoms with Crippen LogP contribution in [0, 0.1) is 6.92 Å². The molecular formula is C14H17N3O2. The van der Waals surface area contributed by atoms with Crippen molar-refractivity contribution in [1.29, 1.82) is 0 Å². The number of carbonyl (C=O) groups is 1. The van der Waals surface area contributed by atoms with Gasteiger partial charge in [0.2, 0.25) is 0 Å². The number of hydrogen-bond acceptors (Lipinski definition) is 3. The molecule has 0 aliphatic heterocycles. The Balaban J connectivity index is 2.32. The molecule has 0 aliphatic rings. The topological polar surface area (TPSA) is 68.0 Å². The van der Waals surface area contributed by atoms with Gasteiger partial charge in [-0.25, -0.2) is 9.48 Å². The van der Waals surface area contributed by atoms with Gasteiger partial charge in [0.05, 0.1) is 12.2 Å². The van der Waals surface area contributed by atoms with Gasteiger partial charge in [-0.15, -0.1) is 5.10 Å². The Hall–Kier alpha value is -2.17. The number of benzene rings is 1. The monoisotopic (exact) mass is 259 g/mol. The molecule has 0 atom stereocenters. The van der Waals surface area contributed by atoms with Crippen LogP contribution in [0.5, 0.6) is 0 Å². The fraction of sp³-hybridized carbons (Fsp3) is 0.357. The lowest BCUT2D eigenvalue weighted by atomic mass is 10.1. The fourth-order valence-electron chi connectivity index (χ4n) is 2.09. The van der Waals surface area contributed by atoms with E-state index in [1.807, 2.05) is 32.0 Å². The Morgan fingerprint density at radius 3 is 2.84 bits per heavy atom. The molecule has 1 aromatic carbocycles. The van der Waals surface area contributed by atoms with Gasteiger partial charge in [0, 0.05) is 0 Å². The van der Waals surface area contributed by atoms with E-state index in [0.717, 1.165) is 12.0 Å². The summed E-state index contributed by atoms with van der Waals surface area (Å²) in [6, 6.07) is 8.09. The Kier molecular flexibility index (Phi) is 3.94. The number of hydrogen-bond donors (Lipinski definition) is 1. The molecule has 1 N–H and O–H groups in total. The van der Waals surface area contributed by atoms with E-state index in [4.69, 9.17) is 5.11 Å². The zero-order valence-corrected chi connectivity index (χ0v) is 11.1. The van der Waals surface area contributed by atoms with Crippen LogP contribution in [0.2, 0.25) is 0 Å². The molecule has 2 rings (SSSR count). The smallest absolute Gasteiger partial charge is 0.358 e. The molecule has 1 heterocycles. The Bertz CT molecular complexity index is 590. The second kappa shape index (κ2) is 5.65. The highest BCUT2D eigenvalue weighted by atomic mass is 16.4. The number of aromatic nitrogens is 3. The normalized spacial score (nSPS) is 10.6. The lowest BCUT2D eigenvalue weighted by molar-refractivity contribution is 0.0689. The van der Waals surface area contributed by atoms with Gasteiger partial charge >= 0.3 is 5.97 Å². The molecule has 1 aromatic heterocycles. The summed E-state index contributed by atoms with van der Waals surface area (Å²) in [7, 11) is 0. The van der Waals surface area contributed by atoms with Crippen molar-refractivity contribution in [3.05, 3.63) is 46.8 Å². The highest BCUT2D eigenvalue weighted by molar-refractivity contribution is 5.86. The van der Waals surface area contributed by atoms with Crippen molar-refractivity contribution in [3.8, 4) is 0 Å². The van der Waals surface area contributed by atoms with E-state index in [2.05, 4.69) is 16.4 Å². The van der Waals surface area contributed by atoms with Crippen LogP contribution in [0.15, 0.2) is 24.3 Å².